The van der Waals surface area contributed by atoms with Crippen molar-refractivity contribution in [1.29, 1.82) is 0 Å². The van der Waals surface area contributed by atoms with Gasteiger partial charge in [0.1, 0.15) is 5.54 Å². The lowest BCUT2D eigenvalue weighted by Gasteiger charge is -2.27. The number of aliphatic carboxylic acids is 1. The molecular weight excluding hydrogens is 242 g/mol. The third kappa shape index (κ3) is 2.50. The van der Waals surface area contributed by atoms with E-state index >= 15 is 0 Å². The molecule has 0 atom stereocenters. The summed E-state index contributed by atoms with van der Waals surface area (Å²) in [5.41, 5.74) is -0.214. The number of rotatable bonds is 5. The van der Waals surface area contributed by atoms with Crippen molar-refractivity contribution in [2.45, 2.75) is 32.2 Å². The summed E-state index contributed by atoms with van der Waals surface area (Å²) in [4.78, 5) is 20.0. The van der Waals surface area contributed by atoms with Gasteiger partial charge in [-0.3, -0.25) is 0 Å². The first-order chi connectivity index (χ1) is 9.11. The van der Waals surface area contributed by atoms with Crippen LogP contribution in [-0.4, -0.2) is 26.6 Å². The van der Waals surface area contributed by atoms with Gasteiger partial charge >= 0.3 is 5.97 Å². The van der Waals surface area contributed by atoms with E-state index in [1.807, 2.05) is 38.1 Å². The van der Waals surface area contributed by atoms with Crippen LogP contribution >= 0.6 is 0 Å². The number of benzene rings is 1. The van der Waals surface area contributed by atoms with Gasteiger partial charge < -0.3 is 10.4 Å². The van der Waals surface area contributed by atoms with Gasteiger partial charge in [0.2, 0.25) is 5.95 Å². The average molecular weight is 259 g/mol. The van der Waals surface area contributed by atoms with Crippen LogP contribution in [0.3, 0.4) is 0 Å². The molecule has 0 aliphatic rings. The van der Waals surface area contributed by atoms with Crippen LogP contribution in [0.25, 0.3) is 10.9 Å². The van der Waals surface area contributed by atoms with Gasteiger partial charge in [0.05, 0.1) is 5.52 Å². The standard InChI is InChI=1S/C14H17N3O2/c1-3-14(4-2,12(18)19)17-13-15-9-10-7-5-6-8-11(10)16-13/h5-9H,3-4H2,1-2H3,(H,18,19)(H,15,16,17). The average Bonchev–Trinajstić information content (AvgIpc) is 2.44. The van der Waals surface area contributed by atoms with Gasteiger partial charge in [-0.05, 0) is 18.9 Å². The predicted molar refractivity (Wildman–Crippen MR) is 74.1 cm³/mol. The first-order valence-electron chi connectivity index (χ1n) is 6.34. The summed E-state index contributed by atoms with van der Waals surface area (Å²) in [5, 5.41) is 13.3. The van der Waals surface area contributed by atoms with Crippen molar-refractivity contribution in [2.24, 2.45) is 0 Å². The van der Waals surface area contributed by atoms with Gasteiger partial charge in [-0.15, -0.1) is 0 Å². The Bertz CT molecular complexity index is 594. The first kappa shape index (κ1) is 13.3. The summed E-state index contributed by atoms with van der Waals surface area (Å²) in [7, 11) is 0. The van der Waals surface area contributed by atoms with Crippen molar-refractivity contribution in [2.75, 3.05) is 5.32 Å². The molecule has 0 saturated carbocycles. The molecule has 2 aromatic rings. The molecule has 2 rings (SSSR count). The molecule has 0 spiro atoms. The van der Waals surface area contributed by atoms with Crippen LogP contribution in [0.4, 0.5) is 5.95 Å². The molecule has 100 valence electrons. The highest BCUT2D eigenvalue weighted by Crippen LogP contribution is 2.21. The molecule has 5 nitrogen and oxygen atoms in total. The fourth-order valence-corrected chi connectivity index (χ4v) is 2.03. The molecule has 0 aliphatic heterocycles. The van der Waals surface area contributed by atoms with Crippen LogP contribution in [0, 0.1) is 0 Å². The van der Waals surface area contributed by atoms with E-state index in [9.17, 15) is 9.90 Å². The quantitative estimate of drug-likeness (QED) is 0.863. The number of nitrogens with one attached hydrogen (secondary N) is 1. The van der Waals surface area contributed by atoms with E-state index in [-0.39, 0.29) is 0 Å². The van der Waals surface area contributed by atoms with E-state index < -0.39 is 11.5 Å². The van der Waals surface area contributed by atoms with E-state index in [1.165, 1.54) is 0 Å². The highest BCUT2D eigenvalue weighted by Gasteiger charge is 2.35. The van der Waals surface area contributed by atoms with Crippen molar-refractivity contribution < 1.29 is 9.90 Å². The third-order valence-electron chi connectivity index (χ3n) is 3.46. The van der Waals surface area contributed by atoms with Crippen molar-refractivity contribution in [3.63, 3.8) is 0 Å². The Balaban J connectivity index is 2.36. The number of hydrogen-bond acceptors (Lipinski definition) is 4. The van der Waals surface area contributed by atoms with Crippen molar-refractivity contribution in [3.8, 4) is 0 Å². The number of fused-ring (bicyclic) bond motifs is 1. The number of carboxylic acids is 1. The lowest BCUT2D eigenvalue weighted by Crippen LogP contribution is -2.45. The van der Waals surface area contributed by atoms with Crippen LogP contribution in [0.15, 0.2) is 30.5 Å². The predicted octanol–water partition coefficient (Wildman–Crippen LogP) is 2.69. The zero-order valence-electron chi connectivity index (χ0n) is 11.1. The maximum absolute atomic E-state index is 11.4. The molecule has 0 fully saturated rings. The molecule has 0 aliphatic carbocycles. The Morgan fingerprint density at radius 2 is 2.00 bits per heavy atom. The zero-order chi connectivity index (χ0) is 13.9. The van der Waals surface area contributed by atoms with Crippen LogP contribution < -0.4 is 5.32 Å². The van der Waals surface area contributed by atoms with Crippen molar-refractivity contribution in [1.82, 2.24) is 9.97 Å². The van der Waals surface area contributed by atoms with Gasteiger partial charge in [-0.25, -0.2) is 14.8 Å². The van der Waals surface area contributed by atoms with E-state index in [0.717, 1.165) is 10.9 Å². The van der Waals surface area contributed by atoms with Crippen LogP contribution in [-0.2, 0) is 4.79 Å². The highest BCUT2D eigenvalue weighted by atomic mass is 16.4. The second kappa shape index (κ2) is 5.22. The monoisotopic (exact) mass is 259 g/mol. The fraction of sp³-hybridized carbons (Fsp3) is 0.357. The molecule has 5 heteroatoms. The Morgan fingerprint density at radius 3 is 2.63 bits per heavy atom. The summed E-state index contributed by atoms with van der Waals surface area (Å²) in [6, 6.07) is 7.60. The van der Waals surface area contributed by atoms with Gasteiger partial charge in [0.15, 0.2) is 0 Å². The largest absolute Gasteiger partial charge is 0.480 e. The summed E-state index contributed by atoms with van der Waals surface area (Å²) in [5.74, 6) is -0.529. The Morgan fingerprint density at radius 1 is 1.32 bits per heavy atom. The Hall–Kier alpha value is -2.17. The maximum Gasteiger partial charge on any atom is 0.329 e. The molecule has 0 radical (unpaired) electrons. The number of anilines is 1. The number of nitrogens with zero attached hydrogens (tertiary/aromatic N) is 2. The number of hydrogen-bond donors (Lipinski definition) is 2. The van der Waals surface area contributed by atoms with Gasteiger partial charge in [-0.2, -0.15) is 0 Å². The smallest absolute Gasteiger partial charge is 0.329 e. The third-order valence-corrected chi connectivity index (χ3v) is 3.46. The van der Waals surface area contributed by atoms with Gasteiger partial charge in [0.25, 0.3) is 0 Å². The van der Waals surface area contributed by atoms with Crippen molar-refractivity contribution in [3.05, 3.63) is 30.5 Å². The summed E-state index contributed by atoms with van der Waals surface area (Å²) in [6.45, 7) is 3.68. The lowest BCUT2D eigenvalue weighted by molar-refractivity contribution is -0.142. The van der Waals surface area contributed by atoms with Gasteiger partial charge in [0, 0.05) is 11.6 Å². The Kier molecular flexibility index (Phi) is 3.64. The molecule has 0 amide bonds. The maximum atomic E-state index is 11.4. The second-order valence-electron chi connectivity index (χ2n) is 4.47. The summed E-state index contributed by atoms with van der Waals surface area (Å²) < 4.78 is 0. The van der Waals surface area contributed by atoms with E-state index in [2.05, 4.69) is 15.3 Å². The zero-order valence-corrected chi connectivity index (χ0v) is 11.1. The second-order valence-corrected chi connectivity index (χ2v) is 4.47. The molecule has 0 saturated heterocycles. The molecule has 19 heavy (non-hydrogen) atoms. The van der Waals surface area contributed by atoms with Crippen molar-refractivity contribution >= 4 is 22.8 Å². The molecule has 1 heterocycles. The van der Waals surface area contributed by atoms with Crippen LogP contribution in [0.5, 0.6) is 0 Å². The topological polar surface area (TPSA) is 75.1 Å². The Labute approximate surface area is 111 Å². The normalized spacial score (nSPS) is 11.5. The molecule has 1 aromatic heterocycles. The van der Waals surface area contributed by atoms with Crippen LogP contribution in [0.1, 0.15) is 26.7 Å². The van der Waals surface area contributed by atoms with Crippen LogP contribution in [0.2, 0.25) is 0 Å². The number of carboxylic acid groups (broad SMARTS) is 1. The molecular formula is C14H17N3O2. The number of para-hydroxylation sites is 1. The minimum atomic E-state index is -1.01. The summed E-state index contributed by atoms with van der Waals surface area (Å²) >= 11 is 0. The lowest BCUT2D eigenvalue weighted by atomic mass is 9.93. The molecule has 2 N–H and O–H groups in total. The minimum absolute atomic E-state index is 0.352. The SMILES string of the molecule is CCC(CC)(Nc1ncc2ccccc2n1)C(=O)O. The minimum Gasteiger partial charge on any atom is -0.480 e. The van der Waals surface area contributed by atoms with E-state index in [4.69, 9.17) is 0 Å². The van der Waals surface area contributed by atoms with E-state index in [0.29, 0.717) is 18.8 Å². The van der Waals surface area contributed by atoms with E-state index in [1.54, 1.807) is 6.20 Å². The number of carbonyl (C=O) groups is 1. The highest BCUT2D eigenvalue weighted by molar-refractivity contribution is 5.83. The first-order valence-corrected chi connectivity index (χ1v) is 6.34. The fourth-order valence-electron chi connectivity index (χ4n) is 2.03. The number of aromatic nitrogens is 2. The van der Waals surface area contributed by atoms with Gasteiger partial charge in [-0.1, -0.05) is 32.0 Å². The molecule has 1 aromatic carbocycles. The molecule has 0 bridgehead atoms. The molecule has 0 unspecified atom stereocenters. The summed E-state index contributed by atoms with van der Waals surface area (Å²) in [6.07, 6.45) is 2.63.